The molecule has 4 nitrogen and oxygen atoms in total. The number of halogens is 1. The summed E-state index contributed by atoms with van der Waals surface area (Å²) in [6.45, 7) is 8.46. The predicted molar refractivity (Wildman–Crippen MR) is 78.0 cm³/mol. The van der Waals surface area contributed by atoms with E-state index in [0.717, 1.165) is 13.0 Å². The van der Waals surface area contributed by atoms with Crippen LogP contribution in [0, 0.1) is 5.92 Å². The van der Waals surface area contributed by atoms with Crippen molar-refractivity contribution in [2.45, 2.75) is 52.1 Å². The lowest BCUT2D eigenvalue weighted by Crippen LogP contribution is -2.50. The van der Waals surface area contributed by atoms with E-state index in [4.69, 9.17) is 5.73 Å². The molecule has 3 N–H and O–H groups in total. The van der Waals surface area contributed by atoms with Gasteiger partial charge in [-0.05, 0) is 32.2 Å². The van der Waals surface area contributed by atoms with E-state index in [9.17, 15) is 4.79 Å². The van der Waals surface area contributed by atoms with Crippen LogP contribution in [-0.4, -0.2) is 42.5 Å². The van der Waals surface area contributed by atoms with Crippen LogP contribution in [0.4, 0.5) is 0 Å². The number of piperidine rings is 1. The average molecular weight is 278 g/mol. The number of nitrogens with one attached hydrogen (secondary N) is 1. The van der Waals surface area contributed by atoms with E-state index in [1.807, 2.05) is 0 Å². The first kappa shape index (κ1) is 17.7. The highest BCUT2D eigenvalue weighted by Gasteiger charge is 2.23. The highest BCUT2D eigenvalue weighted by atomic mass is 35.5. The van der Waals surface area contributed by atoms with Crippen molar-refractivity contribution < 1.29 is 4.79 Å². The Morgan fingerprint density at radius 1 is 1.39 bits per heavy atom. The van der Waals surface area contributed by atoms with E-state index in [1.54, 1.807) is 0 Å². The molecule has 0 aromatic heterocycles. The number of likely N-dealkylation sites (tertiary alicyclic amines) is 1. The van der Waals surface area contributed by atoms with Gasteiger partial charge in [-0.25, -0.2) is 0 Å². The fourth-order valence-corrected chi connectivity index (χ4v) is 2.19. The molecule has 1 aliphatic heterocycles. The summed E-state index contributed by atoms with van der Waals surface area (Å²) in [7, 11) is 0. The van der Waals surface area contributed by atoms with Gasteiger partial charge in [0.1, 0.15) is 0 Å². The normalized spacial score (nSPS) is 22.4. The SMILES string of the molecule is CC(C)C(C)NC(=O)CN1CCCCC1CN.Cl. The zero-order valence-corrected chi connectivity index (χ0v) is 12.6. The third-order valence-electron chi connectivity index (χ3n) is 3.76. The zero-order chi connectivity index (χ0) is 12.8. The fraction of sp³-hybridized carbons (Fsp3) is 0.923. The Bertz CT molecular complexity index is 248. The smallest absolute Gasteiger partial charge is 0.234 e. The van der Waals surface area contributed by atoms with E-state index < -0.39 is 0 Å². The van der Waals surface area contributed by atoms with Crippen LogP contribution in [0.25, 0.3) is 0 Å². The predicted octanol–water partition coefficient (Wildman–Crippen LogP) is 1.38. The molecule has 2 atom stereocenters. The van der Waals surface area contributed by atoms with Crippen LogP contribution in [0.2, 0.25) is 0 Å². The van der Waals surface area contributed by atoms with Gasteiger partial charge in [-0.2, -0.15) is 0 Å². The average Bonchev–Trinajstić information content (AvgIpc) is 2.29. The number of hydrogen-bond acceptors (Lipinski definition) is 3. The number of carbonyl (C=O) groups excluding carboxylic acids is 1. The number of hydrogen-bond donors (Lipinski definition) is 2. The van der Waals surface area contributed by atoms with Gasteiger partial charge in [-0.15, -0.1) is 12.4 Å². The molecule has 0 aromatic carbocycles. The molecular weight excluding hydrogens is 250 g/mol. The van der Waals surface area contributed by atoms with Crippen LogP contribution >= 0.6 is 12.4 Å². The van der Waals surface area contributed by atoms with Crippen molar-refractivity contribution in [2.24, 2.45) is 11.7 Å². The van der Waals surface area contributed by atoms with Gasteiger partial charge in [0.2, 0.25) is 5.91 Å². The standard InChI is InChI=1S/C13H27N3O.ClH/c1-10(2)11(3)15-13(17)9-16-7-5-4-6-12(16)8-14;/h10-12H,4-9,14H2,1-3H3,(H,15,17);1H. The largest absolute Gasteiger partial charge is 0.352 e. The molecule has 0 aromatic rings. The molecule has 0 spiro atoms. The summed E-state index contributed by atoms with van der Waals surface area (Å²) in [6.07, 6.45) is 3.55. The third-order valence-corrected chi connectivity index (χ3v) is 3.76. The molecule has 0 radical (unpaired) electrons. The Morgan fingerprint density at radius 2 is 2.06 bits per heavy atom. The molecule has 1 fully saturated rings. The first-order valence-electron chi connectivity index (χ1n) is 6.78. The molecule has 1 heterocycles. The molecule has 1 amide bonds. The zero-order valence-electron chi connectivity index (χ0n) is 11.8. The van der Waals surface area contributed by atoms with Gasteiger partial charge in [0.25, 0.3) is 0 Å². The first-order chi connectivity index (χ1) is 8.04. The van der Waals surface area contributed by atoms with Crippen molar-refractivity contribution in [3.63, 3.8) is 0 Å². The Morgan fingerprint density at radius 3 is 2.61 bits per heavy atom. The van der Waals surface area contributed by atoms with Gasteiger partial charge >= 0.3 is 0 Å². The topological polar surface area (TPSA) is 58.4 Å². The summed E-state index contributed by atoms with van der Waals surface area (Å²) >= 11 is 0. The van der Waals surface area contributed by atoms with E-state index >= 15 is 0 Å². The van der Waals surface area contributed by atoms with Crippen molar-refractivity contribution in [1.29, 1.82) is 0 Å². The minimum atomic E-state index is 0. The molecule has 0 aliphatic carbocycles. The molecule has 0 bridgehead atoms. The highest BCUT2D eigenvalue weighted by Crippen LogP contribution is 2.15. The minimum absolute atomic E-state index is 0. The van der Waals surface area contributed by atoms with Gasteiger partial charge in [-0.1, -0.05) is 20.3 Å². The van der Waals surface area contributed by atoms with E-state index in [2.05, 4.69) is 31.0 Å². The molecule has 18 heavy (non-hydrogen) atoms. The van der Waals surface area contributed by atoms with Crippen LogP contribution in [-0.2, 0) is 4.79 Å². The van der Waals surface area contributed by atoms with Gasteiger partial charge in [0.15, 0.2) is 0 Å². The number of carbonyl (C=O) groups is 1. The Hall–Kier alpha value is -0.320. The number of amides is 1. The second kappa shape index (κ2) is 8.73. The Labute approximate surface area is 117 Å². The summed E-state index contributed by atoms with van der Waals surface area (Å²) in [5, 5.41) is 3.05. The quantitative estimate of drug-likeness (QED) is 0.798. The summed E-state index contributed by atoms with van der Waals surface area (Å²) < 4.78 is 0. The highest BCUT2D eigenvalue weighted by molar-refractivity contribution is 5.85. The molecule has 1 aliphatic rings. The fourth-order valence-electron chi connectivity index (χ4n) is 2.19. The molecule has 2 unspecified atom stereocenters. The maximum Gasteiger partial charge on any atom is 0.234 e. The third kappa shape index (κ3) is 5.55. The number of nitrogens with two attached hydrogens (primary N) is 1. The van der Waals surface area contributed by atoms with Crippen molar-refractivity contribution >= 4 is 18.3 Å². The first-order valence-corrected chi connectivity index (χ1v) is 6.78. The molecular formula is C13H28ClN3O. The summed E-state index contributed by atoms with van der Waals surface area (Å²) in [5.74, 6) is 0.608. The van der Waals surface area contributed by atoms with Crippen LogP contribution in [0.1, 0.15) is 40.0 Å². The maximum absolute atomic E-state index is 11.9. The molecule has 0 saturated carbocycles. The van der Waals surface area contributed by atoms with Gasteiger partial charge in [-0.3, -0.25) is 9.69 Å². The van der Waals surface area contributed by atoms with E-state index in [-0.39, 0.29) is 24.4 Å². The second-order valence-electron chi connectivity index (χ2n) is 5.46. The molecule has 108 valence electrons. The molecule has 1 saturated heterocycles. The maximum atomic E-state index is 11.9. The van der Waals surface area contributed by atoms with Gasteiger partial charge < -0.3 is 11.1 Å². The second-order valence-corrected chi connectivity index (χ2v) is 5.46. The lowest BCUT2D eigenvalue weighted by atomic mass is 10.0. The van der Waals surface area contributed by atoms with Crippen LogP contribution in [0.15, 0.2) is 0 Å². The lowest BCUT2D eigenvalue weighted by molar-refractivity contribution is -0.124. The van der Waals surface area contributed by atoms with Crippen LogP contribution < -0.4 is 11.1 Å². The van der Waals surface area contributed by atoms with Gasteiger partial charge in [0.05, 0.1) is 6.54 Å². The van der Waals surface area contributed by atoms with Crippen molar-refractivity contribution in [3.05, 3.63) is 0 Å². The Kier molecular flexibility index (Phi) is 8.57. The van der Waals surface area contributed by atoms with Gasteiger partial charge in [0, 0.05) is 18.6 Å². The minimum Gasteiger partial charge on any atom is -0.352 e. The van der Waals surface area contributed by atoms with Crippen molar-refractivity contribution in [1.82, 2.24) is 10.2 Å². The monoisotopic (exact) mass is 277 g/mol. The van der Waals surface area contributed by atoms with E-state index in [0.29, 0.717) is 25.0 Å². The van der Waals surface area contributed by atoms with Crippen molar-refractivity contribution in [2.75, 3.05) is 19.6 Å². The molecule has 1 rings (SSSR count). The lowest BCUT2D eigenvalue weighted by Gasteiger charge is -2.34. The summed E-state index contributed by atoms with van der Waals surface area (Å²) in [6, 6.07) is 0.632. The van der Waals surface area contributed by atoms with E-state index in [1.165, 1.54) is 12.8 Å². The van der Waals surface area contributed by atoms with Crippen molar-refractivity contribution in [3.8, 4) is 0 Å². The number of rotatable bonds is 5. The summed E-state index contributed by atoms with van der Waals surface area (Å²) in [4.78, 5) is 14.1. The molecule has 5 heteroatoms. The van der Waals surface area contributed by atoms with Crippen LogP contribution in [0.3, 0.4) is 0 Å². The summed E-state index contributed by atoms with van der Waals surface area (Å²) in [5.41, 5.74) is 5.75. The Balaban J connectivity index is 0.00000289. The number of nitrogens with zero attached hydrogens (tertiary/aromatic N) is 1. The van der Waals surface area contributed by atoms with Crippen LogP contribution in [0.5, 0.6) is 0 Å².